The van der Waals surface area contributed by atoms with Crippen LogP contribution in [0.3, 0.4) is 0 Å². The summed E-state index contributed by atoms with van der Waals surface area (Å²) in [5.74, 6) is -0.702. The summed E-state index contributed by atoms with van der Waals surface area (Å²) in [5, 5.41) is 11.3. The Morgan fingerprint density at radius 1 is 1.40 bits per heavy atom. The topological polar surface area (TPSA) is 108 Å². The lowest BCUT2D eigenvalue weighted by Crippen LogP contribution is -2.28. The molecule has 1 aromatic heterocycles. The molecule has 2 aromatic rings. The summed E-state index contributed by atoms with van der Waals surface area (Å²) in [7, 11) is 2.88. The second-order valence-corrected chi connectivity index (χ2v) is 5.34. The number of carbonyl (C=O) groups excluding carboxylic acids is 2. The number of ether oxygens (including phenoxy) is 1. The SMILES string of the molecule is COC(=O)CCCN(C)C(=O)c1ccc(-n2ccnc2)c([N+](=O)[O-])c1. The Labute approximate surface area is 144 Å². The molecule has 0 N–H and O–H groups in total. The van der Waals surface area contributed by atoms with Crippen molar-refractivity contribution in [2.45, 2.75) is 12.8 Å². The Kier molecular flexibility index (Phi) is 5.83. The maximum Gasteiger partial charge on any atom is 0.305 e. The fraction of sp³-hybridized carbons (Fsp3) is 0.312. The molecular formula is C16H18N4O5. The van der Waals surface area contributed by atoms with E-state index in [1.165, 1.54) is 47.3 Å². The molecule has 0 aliphatic heterocycles. The quantitative estimate of drug-likeness (QED) is 0.430. The summed E-state index contributed by atoms with van der Waals surface area (Å²) >= 11 is 0. The van der Waals surface area contributed by atoms with Crippen LogP contribution in [0.1, 0.15) is 23.2 Å². The number of carbonyl (C=O) groups is 2. The zero-order valence-electron chi connectivity index (χ0n) is 13.9. The maximum absolute atomic E-state index is 12.4. The van der Waals surface area contributed by atoms with E-state index >= 15 is 0 Å². The van der Waals surface area contributed by atoms with Crippen LogP contribution in [0.5, 0.6) is 0 Å². The third-order valence-corrected chi connectivity index (χ3v) is 3.65. The molecular weight excluding hydrogens is 328 g/mol. The zero-order valence-corrected chi connectivity index (χ0v) is 13.9. The molecule has 0 fully saturated rings. The highest BCUT2D eigenvalue weighted by atomic mass is 16.6. The van der Waals surface area contributed by atoms with Gasteiger partial charge in [-0.2, -0.15) is 0 Å². The van der Waals surface area contributed by atoms with E-state index in [-0.39, 0.29) is 29.5 Å². The van der Waals surface area contributed by atoms with Crippen molar-refractivity contribution in [1.29, 1.82) is 0 Å². The smallest absolute Gasteiger partial charge is 0.305 e. The van der Waals surface area contributed by atoms with Crippen LogP contribution in [0, 0.1) is 10.1 Å². The number of amides is 1. The summed E-state index contributed by atoms with van der Waals surface area (Å²) in [4.78, 5) is 39.6. The predicted octanol–water partition coefficient (Wildman–Crippen LogP) is 1.81. The molecule has 0 aliphatic carbocycles. The fourth-order valence-electron chi connectivity index (χ4n) is 2.31. The van der Waals surface area contributed by atoms with Gasteiger partial charge in [-0.05, 0) is 18.6 Å². The van der Waals surface area contributed by atoms with Gasteiger partial charge >= 0.3 is 5.97 Å². The second kappa shape index (κ2) is 8.04. The number of methoxy groups -OCH3 is 1. The highest BCUT2D eigenvalue weighted by molar-refractivity contribution is 5.95. The van der Waals surface area contributed by atoms with Gasteiger partial charge in [-0.3, -0.25) is 19.7 Å². The van der Waals surface area contributed by atoms with Crippen molar-refractivity contribution in [2.24, 2.45) is 0 Å². The number of rotatable bonds is 7. The van der Waals surface area contributed by atoms with Gasteiger partial charge in [0.1, 0.15) is 5.69 Å². The highest BCUT2D eigenvalue weighted by Gasteiger charge is 2.20. The molecule has 1 aromatic carbocycles. The molecule has 2 rings (SSSR count). The Balaban J connectivity index is 2.16. The van der Waals surface area contributed by atoms with Crippen LogP contribution in [0.2, 0.25) is 0 Å². The number of imidazole rings is 1. The average Bonchev–Trinajstić information content (AvgIpc) is 3.14. The van der Waals surface area contributed by atoms with Crippen LogP contribution in [-0.4, -0.2) is 52.0 Å². The maximum atomic E-state index is 12.4. The third kappa shape index (κ3) is 4.40. The summed E-state index contributed by atoms with van der Waals surface area (Å²) in [6, 6.07) is 4.28. The van der Waals surface area contributed by atoms with E-state index in [0.29, 0.717) is 18.7 Å². The molecule has 0 saturated carbocycles. The van der Waals surface area contributed by atoms with Crippen LogP contribution in [0.25, 0.3) is 5.69 Å². The number of nitro groups is 1. The first-order valence-electron chi connectivity index (χ1n) is 7.53. The van der Waals surface area contributed by atoms with Crippen molar-refractivity contribution in [3.05, 3.63) is 52.6 Å². The van der Waals surface area contributed by atoms with E-state index in [1.54, 1.807) is 13.2 Å². The van der Waals surface area contributed by atoms with Gasteiger partial charge in [0.05, 0.1) is 18.4 Å². The minimum atomic E-state index is -0.538. The number of hydrogen-bond donors (Lipinski definition) is 0. The van der Waals surface area contributed by atoms with Crippen LogP contribution < -0.4 is 0 Å². The van der Waals surface area contributed by atoms with Crippen LogP contribution in [0.4, 0.5) is 5.69 Å². The standard InChI is InChI=1S/C16H18N4O5/c1-18(8-3-4-15(21)25-2)16(22)12-5-6-13(14(10-12)20(23)24)19-9-7-17-11-19/h5-7,9-11H,3-4,8H2,1-2H3. The summed E-state index contributed by atoms with van der Waals surface area (Å²) in [5.41, 5.74) is 0.343. The first-order chi connectivity index (χ1) is 11.9. The minimum Gasteiger partial charge on any atom is -0.469 e. The van der Waals surface area contributed by atoms with Gasteiger partial charge in [-0.1, -0.05) is 0 Å². The summed E-state index contributed by atoms with van der Waals surface area (Å²) < 4.78 is 6.05. The molecule has 9 nitrogen and oxygen atoms in total. The number of nitrogens with zero attached hydrogens (tertiary/aromatic N) is 4. The van der Waals surface area contributed by atoms with Crippen LogP contribution >= 0.6 is 0 Å². The number of hydrogen-bond acceptors (Lipinski definition) is 6. The zero-order chi connectivity index (χ0) is 18.4. The Morgan fingerprint density at radius 3 is 2.76 bits per heavy atom. The molecule has 132 valence electrons. The Morgan fingerprint density at radius 2 is 2.16 bits per heavy atom. The summed E-state index contributed by atoms with van der Waals surface area (Å²) in [6.07, 6.45) is 5.20. The molecule has 25 heavy (non-hydrogen) atoms. The third-order valence-electron chi connectivity index (χ3n) is 3.65. The van der Waals surface area contributed by atoms with E-state index < -0.39 is 4.92 Å². The van der Waals surface area contributed by atoms with Gasteiger partial charge in [0.25, 0.3) is 11.6 Å². The molecule has 0 bridgehead atoms. The normalized spacial score (nSPS) is 10.3. The first kappa shape index (κ1) is 18.1. The van der Waals surface area contributed by atoms with E-state index in [4.69, 9.17) is 0 Å². The molecule has 0 saturated heterocycles. The average molecular weight is 346 g/mol. The molecule has 0 aliphatic rings. The lowest BCUT2D eigenvalue weighted by Gasteiger charge is -2.17. The molecule has 0 unspecified atom stereocenters. The van der Waals surface area contributed by atoms with E-state index in [0.717, 1.165) is 0 Å². The molecule has 0 radical (unpaired) electrons. The number of aromatic nitrogens is 2. The Hall–Kier alpha value is -3.23. The van der Waals surface area contributed by atoms with Crippen molar-refractivity contribution in [3.8, 4) is 5.69 Å². The van der Waals surface area contributed by atoms with Gasteiger partial charge in [0.15, 0.2) is 0 Å². The van der Waals surface area contributed by atoms with E-state index in [1.807, 2.05) is 0 Å². The summed E-state index contributed by atoms with van der Waals surface area (Å²) in [6.45, 7) is 0.338. The van der Waals surface area contributed by atoms with E-state index in [9.17, 15) is 19.7 Å². The lowest BCUT2D eigenvalue weighted by atomic mass is 10.1. The van der Waals surface area contributed by atoms with Crippen molar-refractivity contribution < 1.29 is 19.2 Å². The van der Waals surface area contributed by atoms with Crippen LogP contribution in [0.15, 0.2) is 36.9 Å². The molecule has 0 spiro atoms. The first-order valence-corrected chi connectivity index (χ1v) is 7.53. The number of benzene rings is 1. The van der Waals surface area contributed by atoms with Gasteiger partial charge in [0.2, 0.25) is 0 Å². The fourth-order valence-corrected chi connectivity index (χ4v) is 2.31. The monoisotopic (exact) mass is 346 g/mol. The highest BCUT2D eigenvalue weighted by Crippen LogP contribution is 2.24. The van der Waals surface area contributed by atoms with Crippen molar-refractivity contribution in [2.75, 3.05) is 20.7 Å². The van der Waals surface area contributed by atoms with E-state index in [2.05, 4.69) is 9.72 Å². The van der Waals surface area contributed by atoms with Crippen molar-refractivity contribution in [3.63, 3.8) is 0 Å². The lowest BCUT2D eigenvalue weighted by molar-refractivity contribution is -0.384. The second-order valence-electron chi connectivity index (χ2n) is 5.34. The number of esters is 1. The van der Waals surface area contributed by atoms with Gasteiger partial charge in [-0.15, -0.1) is 0 Å². The van der Waals surface area contributed by atoms with Crippen molar-refractivity contribution in [1.82, 2.24) is 14.5 Å². The molecule has 9 heteroatoms. The predicted molar refractivity (Wildman–Crippen MR) is 88.4 cm³/mol. The number of nitro benzene ring substituents is 1. The van der Waals surface area contributed by atoms with Crippen molar-refractivity contribution >= 4 is 17.6 Å². The molecule has 1 heterocycles. The minimum absolute atomic E-state index is 0.188. The molecule has 0 atom stereocenters. The Bertz CT molecular complexity index is 773. The van der Waals surface area contributed by atoms with Crippen LogP contribution in [-0.2, 0) is 9.53 Å². The largest absolute Gasteiger partial charge is 0.469 e. The van der Waals surface area contributed by atoms with Gasteiger partial charge in [0, 0.05) is 44.0 Å². The molecule has 1 amide bonds. The van der Waals surface area contributed by atoms with Gasteiger partial charge in [-0.25, -0.2) is 4.98 Å². The van der Waals surface area contributed by atoms with Gasteiger partial charge < -0.3 is 14.2 Å².